The number of hydrogen-bond donors (Lipinski definition) is 2. The summed E-state index contributed by atoms with van der Waals surface area (Å²) < 4.78 is 32.2. The van der Waals surface area contributed by atoms with Crippen LogP contribution in [0.2, 0.25) is 0 Å². The second kappa shape index (κ2) is 7.49. The molecular weight excluding hydrogens is 374 g/mol. The Morgan fingerprint density at radius 2 is 2.04 bits per heavy atom. The van der Waals surface area contributed by atoms with Crippen molar-refractivity contribution in [2.75, 3.05) is 13.1 Å². The van der Waals surface area contributed by atoms with Crippen molar-refractivity contribution in [3.05, 3.63) is 51.7 Å². The number of hydrogen-bond acceptors (Lipinski definition) is 6. The quantitative estimate of drug-likeness (QED) is 0.753. The molecule has 0 aliphatic carbocycles. The van der Waals surface area contributed by atoms with Crippen LogP contribution in [0.4, 0.5) is 0 Å². The fourth-order valence-electron chi connectivity index (χ4n) is 2.83. The van der Waals surface area contributed by atoms with E-state index in [4.69, 9.17) is 9.84 Å². The molecule has 2 aromatic rings. The Kier molecular flexibility index (Phi) is 5.29. The molecular formula is C17H19N3O6S. The molecule has 0 radical (unpaired) electrons. The van der Waals surface area contributed by atoms with Crippen LogP contribution >= 0.6 is 0 Å². The van der Waals surface area contributed by atoms with Gasteiger partial charge in [-0.2, -0.15) is 4.31 Å². The number of aromatic carboxylic acids is 1. The number of benzene rings is 1. The van der Waals surface area contributed by atoms with E-state index in [1.807, 2.05) is 0 Å². The monoisotopic (exact) mass is 393 g/mol. The minimum atomic E-state index is -3.50. The summed E-state index contributed by atoms with van der Waals surface area (Å²) >= 11 is 0. The normalized spacial score (nSPS) is 15.0. The number of nitrogens with zero attached hydrogens (tertiary/aromatic N) is 2. The summed E-state index contributed by atoms with van der Waals surface area (Å²) in [7, 11) is -3.50. The molecule has 2 N–H and O–H groups in total. The fourth-order valence-corrected chi connectivity index (χ4v) is 4.43. The van der Waals surface area contributed by atoms with E-state index in [2.05, 4.69) is 9.97 Å². The van der Waals surface area contributed by atoms with E-state index in [-0.39, 0.29) is 17.3 Å². The van der Waals surface area contributed by atoms with Gasteiger partial charge in [-0.1, -0.05) is 0 Å². The summed E-state index contributed by atoms with van der Waals surface area (Å²) in [6.45, 7) is 2.70. The molecule has 0 amide bonds. The predicted molar refractivity (Wildman–Crippen MR) is 95.3 cm³/mol. The molecule has 0 bridgehead atoms. The number of sulfonamides is 1. The zero-order valence-corrected chi connectivity index (χ0v) is 15.5. The Morgan fingerprint density at radius 3 is 2.63 bits per heavy atom. The van der Waals surface area contributed by atoms with E-state index in [0.717, 1.165) is 19.0 Å². The van der Waals surface area contributed by atoms with Gasteiger partial charge in [0, 0.05) is 19.3 Å². The maximum absolute atomic E-state index is 12.6. The summed E-state index contributed by atoms with van der Waals surface area (Å²) in [5.41, 5.74) is -0.592. The van der Waals surface area contributed by atoms with Crippen LogP contribution in [0.25, 0.3) is 0 Å². The summed E-state index contributed by atoms with van der Waals surface area (Å²) in [6, 6.07) is 4.59. The first-order valence-corrected chi connectivity index (χ1v) is 9.78. The number of aromatic amines is 1. The molecule has 1 aromatic carbocycles. The van der Waals surface area contributed by atoms with Crippen molar-refractivity contribution in [2.45, 2.75) is 31.3 Å². The number of carboxylic acid groups (broad SMARTS) is 1. The zero-order chi connectivity index (χ0) is 19.6. The third-order valence-electron chi connectivity index (χ3n) is 4.30. The molecule has 1 aliphatic heterocycles. The number of rotatable bonds is 6. The van der Waals surface area contributed by atoms with Gasteiger partial charge in [0.2, 0.25) is 10.0 Å². The van der Waals surface area contributed by atoms with Gasteiger partial charge < -0.3 is 14.8 Å². The molecule has 0 spiro atoms. The minimum Gasteiger partial charge on any atom is -0.485 e. The Labute approximate surface area is 155 Å². The van der Waals surface area contributed by atoms with Gasteiger partial charge in [0.25, 0.3) is 5.56 Å². The van der Waals surface area contributed by atoms with Crippen LogP contribution in [0, 0.1) is 6.92 Å². The molecule has 2 heterocycles. The first-order chi connectivity index (χ1) is 12.8. The molecule has 0 atom stereocenters. The van der Waals surface area contributed by atoms with Crippen LogP contribution in [0.15, 0.2) is 34.1 Å². The fraction of sp³-hybridized carbons (Fsp3) is 0.353. The highest BCUT2D eigenvalue weighted by Crippen LogP contribution is 2.26. The van der Waals surface area contributed by atoms with Crippen molar-refractivity contribution >= 4 is 16.0 Å². The Hall–Kier alpha value is -2.72. The van der Waals surface area contributed by atoms with Gasteiger partial charge in [-0.15, -0.1) is 0 Å². The van der Waals surface area contributed by atoms with E-state index in [1.54, 1.807) is 19.1 Å². The van der Waals surface area contributed by atoms with Crippen LogP contribution in [0.5, 0.6) is 5.75 Å². The van der Waals surface area contributed by atoms with Gasteiger partial charge in [0.1, 0.15) is 23.7 Å². The van der Waals surface area contributed by atoms with E-state index in [9.17, 15) is 18.0 Å². The number of carboxylic acids is 1. The number of aryl methyl sites for hydroxylation is 1. The molecule has 9 nitrogen and oxygen atoms in total. The first-order valence-electron chi connectivity index (χ1n) is 8.34. The van der Waals surface area contributed by atoms with Crippen molar-refractivity contribution in [2.24, 2.45) is 0 Å². The number of carbonyl (C=O) groups is 1. The molecule has 1 aromatic heterocycles. The van der Waals surface area contributed by atoms with E-state index < -0.39 is 27.1 Å². The number of ether oxygens (including phenoxy) is 1. The van der Waals surface area contributed by atoms with Gasteiger partial charge in [0.15, 0.2) is 0 Å². The van der Waals surface area contributed by atoms with Crippen molar-refractivity contribution in [3.8, 4) is 5.75 Å². The van der Waals surface area contributed by atoms with Crippen LogP contribution in [0.3, 0.4) is 0 Å². The highest BCUT2D eigenvalue weighted by molar-refractivity contribution is 7.89. The highest BCUT2D eigenvalue weighted by atomic mass is 32.2. The molecule has 0 unspecified atom stereocenters. The average molecular weight is 393 g/mol. The Bertz CT molecular complexity index is 1030. The lowest BCUT2D eigenvalue weighted by molar-refractivity contribution is 0.0694. The third-order valence-corrected chi connectivity index (χ3v) is 6.19. The lowest BCUT2D eigenvalue weighted by Crippen LogP contribution is -2.27. The summed E-state index contributed by atoms with van der Waals surface area (Å²) in [6.07, 6.45) is 2.70. The average Bonchev–Trinajstić information content (AvgIpc) is 3.16. The van der Waals surface area contributed by atoms with Crippen LogP contribution in [-0.2, 0) is 16.6 Å². The maximum atomic E-state index is 12.6. The minimum absolute atomic E-state index is 0.0891. The largest absolute Gasteiger partial charge is 0.485 e. The zero-order valence-electron chi connectivity index (χ0n) is 14.6. The smallest absolute Gasteiger partial charge is 0.342 e. The summed E-state index contributed by atoms with van der Waals surface area (Å²) in [4.78, 5) is 28.9. The van der Waals surface area contributed by atoms with Gasteiger partial charge in [0.05, 0.1) is 4.90 Å². The van der Waals surface area contributed by atoms with Crippen molar-refractivity contribution in [1.29, 1.82) is 0 Å². The van der Waals surface area contributed by atoms with Crippen molar-refractivity contribution in [3.63, 3.8) is 0 Å². The van der Waals surface area contributed by atoms with Gasteiger partial charge in [-0.3, -0.25) is 4.79 Å². The molecule has 27 heavy (non-hydrogen) atoms. The molecule has 1 aliphatic rings. The van der Waals surface area contributed by atoms with E-state index in [0.29, 0.717) is 24.4 Å². The molecule has 10 heteroatoms. The predicted octanol–water partition coefficient (Wildman–Crippen LogP) is 1.14. The SMILES string of the molecule is Cc1cc(S(=O)(=O)N2CCCC2)ccc1OCc1ncc(C(=O)O)c(=O)[nH]1. The van der Waals surface area contributed by atoms with Crippen molar-refractivity contribution < 1.29 is 23.1 Å². The third kappa shape index (κ3) is 4.01. The van der Waals surface area contributed by atoms with E-state index in [1.165, 1.54) is 10.4 Å². The second-order valence-electron chi connectivity index (χ2n) is 6.21. The standard InChI is InChI=1S/C17H19N3O6S/c1-11-8-12(27(24,25)20-6-2-3-7-20)4-5-14(11)26-10-15-18-9-13(17(22)23)16(21)19-15/h4-5,8-9H,2-3,6-7,10H2,1H3,(H,22,23)(H,18,19,21). The maximum Gasteiger partial charge on any atom is 0.342 e. The summed E-state index contributed by atoms with van der Waals surface area (Å²) in [5.74, 6) is -0.750. The Morgan fingerprint density at radius 1 is 1.33 bits per heavy atom. The van der Waals surface area contributed by atoms with Crippen molar-refractivity contribution in [1.82, 2.24) is 14.3 Å². The van der Waals surface area contributed by atoms with Crippen LogP contribution in [0.1, 0.15) is 34.6 Å². The molecule has 1 saturated heterocycles. The molecule has 144 valence electrons. The second-order valence-corrected chi connectivity index (χ2v) is 8.14. The van der Waals surface area contributed by atoms with Gasteiger partial charge in [-0.25, -0.2) is 18.2 Å². The van der Waals surface area contributed by atoms with Crippen LogP contribution < -0.4 is 10.3 Å². The number of nitrogens with one attached hydrogen (secondary N) is 1. The first kappa shape index (κ1) is 19.1. The van der Waals surface area contributed by atoms with Gasteiger partial charge in [-0.05, 0) is 43.5 Å². The number of aromatic nitrogens is 2. The lowest BCUT2D eigenvalue weighted by atomic mass is 10.2. The highest BCUT2D eigenvalue weighted by Gasteiger charge is 2.27. The number of H-pyrrole nitrogens is 1. The molecule has 1 fully saturated rings. The van der Waals surface area contributed by atoms with Crippen LogP contribution in [-0.4, -0.2) is 46.9 Å². The molecule has 3 rings (SSSR count). The molecule has 0 saturated carbocycles. The topological polar surface area (TPSA) is 130 Å². The van der Waals surface area contributed by atoms with Gasteiger partial charge >= 0.3 is 5.97 Å². The van der Waals surface area contributed by atoms with E-state index >= 15 is 0 Å². The summed E-state index contributed by atoms with van der Waals surface area (Å²) in [5, 5.41) is 8.83. The Balaban J connectivity index is 1.74. The lowest BCUT2D eigenvalue weighted by Gasteiger charge is -2.17.